The zero-order valence-corrected chi connectivity index (χ0v) is 11.3. The SMILES string of the molecule is C=C(C)COCCNC(=O)Cn1nc(C)cc1C. The third kappa shape index (κ3) is 5.14. The van der Waals surface area contributed by atoms with Gasteiger partial charge in [0.1, 0.15) is 6.54 Å². The first kappa shape index (κ1) is 14.4. The monoisotopic (exact) mass is 251 g/mol. The second-order valence-corrected chi connectivity index (χ2v) is 4.44. The molecule has 5 heteroatoms. The molecule has 0 saturated heterocycles. The van der Waals surface area contributed by atoms with Crippen molar-refractivity contribution in [3.8, 4) is 0 Å². The van der Waals surface area contributed by atoms with Gasteiger partial charge in [0.2, 0.25) is 5.91 Å². The molecular formula is C13H21N3O2. The van der Waals surface area contributed by atoms with Crippen LogP contribution in [0.3, 0.4) is 0 Å². The summed E-state index contributed by atoms with van der Waals surface area (Å²) in [5.41, 5.74) is 2.88. The molecule has 0 aliphatic rings. The lowest BCUT2D eigenvalue weighted by atomic mass is 10.4. The molecule has 0 fully saturated rings. The molecule has 5 nitrogen and oxygen atoms in total. The molecule has 1 aromatic heterocycles. The number of amides is 1. The molecule has 0 aliphatic heterocycles. The molecule has 0 bridgehead atoms. The Kier molecular flexibility index (Phi) is 5.58. The van der Waals surface area contributed by atoms with E-state index in [2.05, 4.69) is 17.0 Å². The van der Waals surface area contributed by atoms with Gasteiger partial charge in [-0.15, -0.1) is 0 Å². The minimum Gasteiger partial charge on any atom is -0.375 e. The van der Waals surface area contributed by atoms with E-state index in [-0.39, 0.29) is 12.5 Å². The van der Waals surface area contributed by atoms with Crippen molar-refractivity contribution in [3.63, 3.8) is 0 Å². The van der Waals surface area contributed by atoms with Gasteiger partial charge >= 0.3 is 0 Å². The standard InChI is InChI=1S/C13H21N3O2/c1-10(2)9-18-6-5-14-13(17)8-16-12(4)7-11(3)15-16/h7H,1,5-6,8-9H2,2-4H3,(H,14,17). The average Bonchev–Trinajstić information content (AvgIpc) is 2.56. The van der Waals surface area contributed by atoms with Crippen molar-refractivity contribution in [3.05, 3.63) is 29.6 Å². The van der Waals surface area contributed by atoms with Gasteiger partial charge in [-0.05, 0) is 26.8 Å². The Balaban J connectivity index is 2.22. The number of nitrogens with zero attached hydrogens (tertiary/aromatic N) is 2. The van der Waals surface area contributed by atoms with Gasteiger partial charge in [-0.2, -0.15) is 5.10 Å². The summed E-state index contributed by atoms with van der Waals surface area (Å²) in [6.07, 6.45) is 0. The number of rotatable bonds is 7. The van der Waals surface area contributed by atoms with E-state index in [0.29, 0.717) is 19.8 Å². The van der Waals surface area contributed by atoms with Gasteiger partial charge in [-0.3, -0.25) is 9.48 Å². The molecule has 100 valence electrons. The van der Waals surface area contributed by atoms with Crippen LogP contribution in [0.5, 0.6) is 0 Å². The fraction of sp³-hybridized carbons (Fsp3) is 0.538. The summed E-state index contributed by atoms with van der Waals surface area (Å²) < 4.78 is 6.98. The summed E-state index contributed by atoms with van der Waals surface area (Å²) >= 11 is 0. The van der Waals surface area contributed by atoms with Gasteiger partial charge in [-0.25, -0.2) is 0 Å². The Morgan fingerprint density at radius 1 is 1.56 bits per heavy atom. The molecule has 1 N–H and O–H groups in total. The first-order valence-electron chi connectivity index (χ1n) is 5.99. The number of hydrogen-bond acceptors (Lipinski definition) is 3. The Morgan fingerprint density at radius 2 is 2.28 bits per heavy atom. The molecule has 18 heavy (non-hydrogen) atoms. The van der Waals surface area contributed by atoms with E-state index >= 15 is 0 Å². The maximum absolute atomic E-state index is 11.6. The minimum atomic E-state index is -0.0554. The fourth-order valence-electron chi connectivity index (χ4n) is 1.54. The van der Waals surface area contributed by atoms with E-state index in [1.54, 1.807) is 4.68 Å². The summed E-state index contributed by atoms with van der Waals surface area (Å²) in [5, 5.41) is 7.02. The highest BCUT2D eigenvalue weighted by Crippen LogP contribution is 2.00. The summed E-state index contributed by atoms with van der Waals surface area (Å²) in [6, 6.07) is 1.95. The molecule has 1 aromatic rings. The summed E-state index contributed by atoms with van der Waals surface area (Å²) in [5.74, 6) is -0.0554. The second kappa shape index (κ2) is 6.96. The lowest BCUT2D eigenvalue weighted by Crippen LogP contribution is -2.31. The average molecular weight is 251 g/mol. The van der Waals surface area contributed by atoms with Gasteiger partial charge in [0.05, 0.1) is 18.9 Å². The van der Waals surface area contributed by atoms with Crippen molar-refractivity contribution in [1.82, 2.24) is 15.1 Å². The van der Waals surface area contributed by atoms with Crippen LogP contribution in [0.25, 0.3) is 0 Å². The molecule has 0 unspecified atom stereocenters. The van der Waals surface area contributed by atoms with Crippen LogP contribution in [-0.4, -0.2) is 35.4 Å². The maximum Gasteiger partial charge on any atom is 0.241 e. The molecule has 1 amide bonds. The first-order valence-corrected chi connectivity index (χ1v) is 5.99. The third-order valence-electron chi connectivity index (χ3n) is 2.31. The van der Waals surface area contributed by atoms with E-state index in [1.165, 1.54) is 0 Å². The predicted octanol–water partition coefficient (Wildman–Crippen LogP) is 1.21. The quantitative estimate of drug-likeness (QED) is 0.585. The van der Waals surface area contributed by atoms with E-state index in [4.69, 9.17) is 4.74 Å². The van der Waals surface area contributed by atoms with Gasteiger partial charge in [0.25, 0.3) is 0 Å². The van der Waals surface area contributed by atoms with Crippen molar-refractivity contribution in [2.75, 3.05) is 19.8 Å². The number of carbonyl (C=O) groups excluding carboxylic acids is 1. The molecule has 0 radical (unpaired) electrons. The number of nitrogens with one attached hydrogen (secondary N) is 1. The van der Waals surface area contributed by atoms with Crippen molar-refractivity contribution < 1.29 is 9.53 Å². The van der Waals surface area contributed by atoms with Crippen LogP contribution < -0.4 is 5.32 Å². The Hall–Kier alpha value is -1.62. The number of carbonyl (C=O) groups is 1. The van der Waals surface area contributed by atoms with Crippen molar-refractivity contribution >= 4 is 5.91 Å². The zero-order chi connectivity index (χ0) is 13.5. The van der Waals surface area contributed by atoms with E-state index in [1.807, 2.05) is 26.8 Å². The predicted molar refractivity (Wildman–Crippen MR) is 70.3 cm³/mol. The Bertz CT molecular complexity index is 424. The smallest absolute Gasteiger partial charge is 0.241 e. The lowest BCUT2D eigenvalue weighted by Gasteiger charge is -2.07. The summed E-state index contributed by atoms with van der Waals surface area (Å²) in [4.78, 5) is 11.6. The summed E-state index contributed by atoms with van der Waals surface area (Å²) in [7, 11) is 0. The van der Waals surface area contributed by atoms with E-state index in [9.17, 15) is 4.79 Å². The van der Waals surface area contributed by atoms with Crippen molar-refractivity contribution in [2.45, 2.75) is 27.3 Å². The topological polar surface area (TPSA) is 56.1 Å². The first-order chi connectivity index (χ1) is 8.49. The second-order valence-electron chi connectivity index (χ2n) is 4.44. The molecular weight excluding hydrogens is 230 g/mol. The van der Waals surface area contributed by atoms with Crippen LogP contribution >= 0.6 is 0 Å². The molecule has 1 rings (SSSR count). The third-order valence-corrected chi connectivity index (χ3v) is 2.31. The number of aromatic nitrogens is 2. The van der Waals surface area contributed by atoms with Crippen LogP contribution in [-0.2, 0) is 16.1 Å². The number of hydrogen-bond donors (Lipinski definition) is 1. The maximum atomic E-state index is 11.6. The van der Waals surface area contributed by atoms with Gasteiger partial charge in [-0.1, -0.05) is 12.2 Å². The Morgan fingerprint density at radius 3 is 2.83 bits per heavy atom. The molecule has 0 aromatic carbocycles. The van der Waals surface area contributed by atoms with Crippen LogP contribution in [0.4, 0.5) is 0 Å². The normalized spacial score (nSPS) is 10.4. The van der Waals surface area contributed by atoms with Gasteiger partial charge in [0, 0.05) is 12.2 Å². The largest absolute Gasteiger partial charge is 0.375 e. The zero-order valence-electron chi connectivity index (χ0n) is 11.3. The highest BCUT2D eigenvalue weighted by atomic mass is 16.5. The van der Waals surface area contributed by atoms with E-state index < -0.39 is 0 Å². The highest BCUT2D eigenvalue weighted by Gasteiger charge is 2.06. The van der Waals surface area contributed by atoms with Crippen LogP contribution in [0.1, 0.15) is 18.3 Å². The molecule has 1 heterocycles. The fourth-order valence-corrected chi connectivity index (χ4v) is 1.54. The van der Waals surface area contributed by atoms with Crippen molar-refractivity contribution in [1.29, 1.82) is 0 Å². The van der Waals surface area contributed by atoms with Crippen LogP contribution in [0, 0.1) is 13.8 Å². The van der Waals surface area contributed by atoms with E-state index in [0.717, 1.165) is 17.0 Å². The summed E-state index contributed by atoms with van der Waals surface area (Å²) in [6.45, 7) is 11.3. The number of aryl methyl sites for hydroxylation is 2. The number of ether oxygens (including phenoxy) is 1. The molecule has 0 spiro atoms. The molecule has 0 saturated carbocycles. The Labute approximate surface area is 108 Å². The molecule has 0 atom stereocenters. The lowest BCUT2D eigenvalue weighted by molar-refractivity contribution is -0.122. The van der Waals surface area contributed by atoms with Gasteiger partial charge < -0.3 is 10.1 Å². The van der Waals surface area contributed by atoms with Crippen molar-refractivity contribution in [2.24, 2.45) is 0 Å². The van der Waals surface area contributed by atoms with Crippen LogP contribution in [0.2, 0.25) is 0 Å². The molecule has 0 aliphatic carbocycles. The van der Waals surface area contributed by atoms with Crippen LogP contribution in [0.15, 0.2) is 18.2 Å². The highest BCUT2D eigenvalue weighted by molar-refractivity contribution is 5.75. The minimum absolute atomic E-state index is 0.0554. The van der Waals surface area contributed by atoms with Gasteiger partial charge in [0.15, 0.2) is 0 Å².